The highest BCUT2D eigenvalue weighted by atomic mass is 35.5. The van der Waals surface area contributed by atoms with Crippen LogP contribution in [0.1, 0.15) is 35.7 Å². The number of anilines is 1. The zero-order valence-corrected chi connectivity index (χ0v) is 16.0. The lowest BCUT2D eigenvalue weighted by atomic mass is 9.90. The molecule has 0 atom stereocenters. The van der Waals surface area contributed by atoms with Crippen LogP contribution in [0.15, 0.2) is 24.4 Å². The second-order valence-corrected chi connectivity index (χ2v) is 8.06. The summed E-state index contributed by atoms with van der Waals surface area (Å²) in [5, 5.41) is 3.81. The van der Waals surface area contributed by atoms with Gasteiger partial charge in [0.2, 0.25) is 0 Å². The standard InChI is InChI=1S/C19H20Cl2N4O/c1-19(22)5-7-25(8-6-19)17-13-10-24-18(26)15(13)12(9-23-17)11-3-2-4-14(20)16(11)21/h2-4,9H,5-8,10,22H2,1H3,(H,24,26). The number of hydrogen-bond donors (Lipinski definition) is 2. The van der Waals surface area contributed by atoms with Gasteiger partial charge >= 0.3 is 0 Å². The highest BCUT2D eigenvalue weighted by molar-refractivity contribution is 6.43. The van der Waals surface area contributed by atoms with Crippen molar-refractivity contribution >= 4 is 34.9 Å². The number of carbonyl (C=O) groups is 1. The second-order valence-electron chi connectivity index (χ2n) is 7.27. The van der Waals surface area contributed by atoms with Crippen molar-refractivity contribution in [2.45, 2.75) is 31.8 Å². The molecule has 5 nitrogen and oxygen atoms in total. The molecule has 7 heteroatoms. The van der Waals surface area contributed by atoms with Crippen molar-refractivity contribution in [3.05, 3.63) is 45.6 Å². The minimum atomic E-state index is -0.137. The number of nitrogens with two attached hydrogens (primary N) is 1. The minimum absolute atomic E-state index is 0.102. The number of amides is 1. The SMILES string of the molecule is CC1(N)CCN(c2ncc(-c3cccc(Cl)c3Cl)c3c2CNC3=O)CC1. The Kier molecular flexibility index (Phi) is 4.34. The van der Waals surface area contributed by atoms with E-state index < -0.39 is 0 Å². The van der Waals surface area contributed by atoms with E-state index in [1.807, 2.05) is 12.1 Å². The van der Waals surface area contributed by atoms with Gasteiger partial charge in [-0.3, -0.25) is 4.79 Å². The van der Waals surface area contributed by atoms with Gasteiger partial charge in [-0.1, -0.05) is 35.3 Å². The van der Waals surface area contributed by atoms with Crippen molar-refractivity contribution in [3.8, 4) is 11.1 Å². The first-order valence-corrected chi connectivity index (χ1v) is 9.41. The van der Waals surface area contributed by atoms with Gasteiger partial charge in [0.15, 0.2) is 0 Å². The Morgan fingerprint density at radius 1 is 1.23 bits per heavy atom. The molecule has 26 heavy (non-hydrogen) atoms. The number of halogens is 2. The highest BCUT2D eigenvalue weighted by Gasteiger charge is 2.32. The minimum Gasteiger partial charge on any atom is -0.356 e. The van der Waals surface area contributed by atoms with Crippen molar-refractivity contribution in [2.75, 3.05) is 18.0 Å². The van der Waals surface area contributed by atoms with Gasteiger partial charge in [-0.15, -0.1) is 0 Å². The van der Waals surface area contributed by atoms with Crippen molar-refractivity contribution in [1.29, 1.82) is 0 Å². The summed E-state index contributed by atoms with van der Waals surface area (Å²) in [7, 11) is 0. The van der Waals surface area contributed by atoms with Crippen LogP contribution in [0.3, 0.4) is 0 Å². The quantitative estimate of drug-likeness (QED) is 0.821. The van der Waals surface area contributed by atoms with Gasteiger partial charge in [0.25, 0.3) is 5.91 Å². The van der Waals surface area contributed by atoms with Gasteiger partial charge in [0.05, 0.1) is 15.6 Å². The van der Waals surface area contributed by atoms with E-state index in [0.29, 0.717) is 27.7 Å². The van der Waals surface area contributed by atoms with Crippen LogP contribution in [0.25, 0.3) is 11.1 Å². The predicted molar refractivity (Wildman–Crippen MR) is 105 cm³/mol. The lowest BCUT2D eigenvalue weighted by Crippen LogP contribution is -2.48. The molecule has 1 fully saturated rings. The van der Waals surface area contributed by atoms with Crippen LogP contribution in [0.5, 0.6) is 0 Å². The van der Waals surface area contributed by atoms with Crippen molar-refractivity contribution in [3.63, 3.8) is 0 Å². The van der Waals surface area contributed by atoms with Crippen LogP contribution in [0.4, 0.5) is 5.82 Å². The smallest absolute Gasteiger partial charge is 0.252 e. The van der Waals surface area contributed by atoms with E-state index in [1.54, 1.807) is 12.3 Å². The Hall–Kier alpha value is -1.82. The maximum absolute atomic E-state index is 12.5. The van der Waals surface area contributed by atoms with Crippen LogP contribution in [-0.2, 0) is 6.54 Å². The summed E-state index contributed by atoms with van der Waals surface area (Å²) in [5.74, 6) is 0.756. The number of rotatable bonds is 2. The van der Waals surface area contributed by atoms with E-state index in [9.17, 15) is 4.79 Å². The molecule has 2 aromatic rings. The Balaban J connectivity index is 1.79. The molecule has 3 N–H and O–H groups in total. The predicted octanol–water partition coefficient (Wildman–Crippen LogP) is 3.62. The fraction of sp³-hybridized carbons (Fsp3) is 0.368. The molecule has 1 aromatic heterocycles. The molecule has 0 spiro atoms. The largest absolute Gasteiger partial charge is 0.356 e. The van der Waals surface area contributed by atoms with Gasteiger partial charge in [-0.05, 0) is 25.8 Å². The van der Waals surface area contributed by atoms with Gasteiger partial charge in [0.1, 0.15) is 5.82 Å². The Morgan fingerprint density at radius 2 is 1.96 bits per heavy atom. The first kappa shape index (κ1) is 17.6. The molecule has 1 aromatic carbocycles. The number of nitrogens with zero attached hydrogens (tertiary/aromatic N) is 2. The normalized spacial score (nSPS) is 18.6. The lowest BCUT2D eigenvalue weighted by Gasteiger charge is -2.38. The number of pyridine rings is 1. The average molecular weight is 391 g/mol. The third-order valence-corrected chi connectivity index (χ3v) is 6.08. The first-order valence-electron chi connectivity index (χ1n) is 8.66. The zero-order valence-electron chi connectivity index (χ0n) is 14.5. The summed E-state index contributed by atoms with van der Waals surface area (Å²) in [6, 6.07) is 5.41. The van der Waals surface area contributed by atoms with Gasteiger partial charge < -0.3 is 16.0 Å². The number of aromatic nitrogens is 1. The van der Waals surface area contributed by atoms with Crippen molar-refractivity contribution in [2.24, 2.45) is 5.73 Å². The van der Waals surface area contributed by atoms with E-state index in [4.69, 9.17) is 33.9 Å². The highest BCUT2D eigenvalue weighted by Crippen LogP contribution is 2.39. The monoisotopic (exact) mass is 390 g/mol. The molecule has 2 aliphatic rings. The van der Waals surface area contributed by atoms with Crippen molar-refractivity contribution < 1.29 is 4.79 Å². The summed E-state index contributed by atoms with van der Waals surface area (Å²) < 4.78 is 0. The van der Waals surface area contributed by atoms with Crippen LogP contribution in [-0.4, -0.2) is 29.5 Å². The van der Waals surface area contributed by atoms with Crippen LogP contribution in [0, 0.1) is 0 Å². The molecule has 136 valence electrons. The Bertz CT molecular complexity index is 887. The molecule has 3 heterocycles. The first-order chi connectivity index (χ1) is 12.4. The molecule has 1 saturated heterocycles. The summed E-state index contributed by atoms with van der Waals surface area (Å²) >= 11 is 12.5. The zero-order chi connectivity index (χ0) is 18.5. The molecule has 1 amide bonds. The van der Waals surface area contributed by atoms with E-state index in [0.717, 1.165) is 42.9 Å². The summed E-state index contributed by atoms with van der Waals surface area (Å²) in [4.78, 5) is 19.5. The summed E-state index contributed by atoms with van der Waals surface area (Å²) in [6.45, 7) is 4.21. The molecule has 0 saturated carbocycles. The Morgan fingerprint density at radius 3 is 2.69 bits per heavy atom. The van der Waals surface area contributed by atoms with E-state index in [2.05, 4.69) is 17.1 Å². The molecule has 0 radical (unpaired) electrons. The van der Waals surface area contributed by atoms with Crippen LogP contribution < -0.4 is 16.0 Å². The molecular weight excluding hydrogens is 371 g/mol. The maximum atomic E-state index is 12.5. The number of benzene rings is 1. The molecule has 0 bridgehead atoms. The number of fused-ring (bicyclic) bond motifs is 1. The van der Waals surface area contributed by atoms with Gasteiger partial charge in [-0.25, -0.2) is 4.98 Å². The van der Waals surface area contributed by atoms with Crippen LogP contribution >= 0.6 is 23.2 Å². The number of hydrogen-bond acceptors (Lipinski definition) is 4. The number of carbonyl (C=O) groups excluding carboxylic acids is 1. The average Bonchev–Trinajstić information content (AvgIpc) is 2.99. The lowest BCUT2D eigenvalue weighted by molar-refractivity contribution is 0.0966. The third kappa shape index (κ3) is 2.94. The summed E-state index contributed by atoms with van der Waals surface area (Å²) in [5.41, 5.74) is 9.10. The third-order valence-electron chi connectivity index (χ3n) is 5.26. The molecular formula is C19H20Cl2N4O. The van der Waals surface area contributed by atoms with Crippen molar-refractivity contribution in [1.82, 2.24) is 10.3 Å². The fourth-order valence-electron chi connectivity index (χ4n) is 3.64. The second kappa shape index (κ2) is 6.41. The van der Waals surface area contributed by atoms with E-state index in [1.165, 1.54) is 0 Å². The van der Waals surface area contributed by atoms with Gasteiger partial charge in [-0.2, -0.15) is 0 Å². The topological polar surface area (TPSA) is 71.2 Å². The molecule has 0 unspecified atom stereocenters. The van der Waals surface area contributed by atoms with Gasteiger partial charge in [0, 0.05) is 48.1 Å². The maximum Gasteiger partial charge on any atom is 0.252 e. The summed E-state index contributed by atoms with van der Waals surface area (Å²) in [6.07, 6.45) is 3.52. The Labute approximate surface area is 162 Å². The molecule has 2 aliphatic heterocycles. The fourth-order valence-corrected chi connectivity index (χ4v) is 4.05. The number of nitrogens with one attached hydrogen (secondary N) is 1. The van der Waals surface area contributed by atoms with E-state index >= 15 is 0 Å². The molecule has 0 aliphatic carbocycles. The van der Waals surface area contributed by atoms with E-state index in [-0.39, 0.29) is 11.4 Å². The van der Waals surface area contributed by atoms with Crippen LogP contribution in [0.2, 0.25) is 10.0 Å². The number of piperidine rings is 1. The molecule has 4 rings (SSSR count).